The van der Waals surface area contributed by atoms with Crippen LogP contribution in [0, 0.1) is 13.8 Å². The molecule has 20 heavy (non-hydrogen) atoms. The summed E-state index contributed by atoms with van der Waals surface area (Å²) >= 11 is 1.40. The number of fused-ring (bicyclic) bond motifs is 1. The summed E-state index contributed by atoms with van der Waals surface area (Å²) in [5, 5.41) is 5.06. The molecule has 0 saturated carbocycles. The van der Waals surface area contributed by atoms with E-state index in [0.29, 0.717) is 21.8 Å². The van der Waals surface area contributed by atoms with Gasteiger partial charge in [-0.3, -0.25) is 0 Å². The van der Waals surface area contributed by atoms with Gasteiger partial charge in [-0.25, -0.2) is 9.50 Å². The molecule has 0 saturated heterocycles. The average molecular weight is 297 g/mol. The molecule has 0 bridgehead atoms. The molecule has 0 atom stereocenters. The van der Waals surface area contributed by atoms with Gasteiger partial charge in [-0.05, 0) is 37.6 Å². The summed E-state index contributed by atoms with van der Waals surface area (Å²) in [6, 6.07) is 3.94. The number of aryl methyl sites for hydroxylation is 2. The molecule has 0 amide bonds. The predicted octanol–water partition coefficient (Wildman–Crippen LogP) is 4.09. The number of benzene rings is 1. The number of rotatable bonds is 1. The summed E-state index contributed by atoms with van der Waals surface area (Å²) in [4.78, 5) is 4.99. The first kappa shape index (κ1) is 13.1. The zero-order chi connectivity index (χ0) is 14.5. The monoisotopic (exact) mass is 297 g/mol. The van der Waals surface area contributed by atoms with Gasteiger partial charge in [-0.15, -0.1) is 0 Å². The van der Waals surface area contributed by atoms with Crippen molar-refractivity contribution in [3.05, 3.63) is 40.5 Å². The van der Waals surface area contributed by atoms with Crippen molar-refractivity contribution in [1.29, 1.82) is 0 Å². The van der Waals surface area contributed by atoms with Gasteiger partial charge >= 0.3 is 6.18 Å². The van der Waals surface area contributed by atoms with Gasteiger partial charge in [0.05, 0.1) is 17.5 Å². The molecule has 0 spiro atoms. The lowest BCUT2D eigenvalue weighted by Gasteiger charge is -2.09. The van der Waals surface area contributed by atoms with E-state index < -0.39 is 11.7 Å². The van der Waals surface area contributed by atoms with Crippen molar-refractivity contribution in [2.45, 2.75) is 20.0 Å². The Balaban J connectivity index is 2.13. The van der Waals surface area contributed by atoms with E-state index in [2.05, 4.69) is 10.1 Å². The SMILES string of the molecule is Cc1cc(-c2cn3nc(C)sc3n2)cc(C(F)(F)F)c1. The first-order chi connectivity index (χ1) is 9.33. The van der Waals surface area contributed by atoms with Crippen molar-refractivity contribution in [3.63, 3.8) is 0 Å². The molecule has 1 aromatic carbocycles. The van der Waals surface area contributed by atoms with E-state index in [-0.39, 0.29) is 0 Å². The van der Waals surface area contributed by atoms with Gasteiger partial charge in [0.15, 0.2) is 0 Å². The van der Waals surface area contributed by atoms with Crippen LogP contribution in [0.15, 0.2) is 24.4 Å². The molecule has 104 valence electrons. The van der Waals surface area contributed by atoms with Gasteiger partial charge < -0.3 is 0 Å². The minimum Gasteiger partial charge on any atom is -0.217 e. The Labute approximate surface area is 116 Å². The minimum absolute atomic E-state index is 0.452. The number of aromatic nitrogens is 3. The van der Waals surface area contributed by atoms with Gasteiger partial charge in [0.1, 0.15) is 5.01 Å². The van der Waals surface area contributed by atoms with E-state index in [4.69, 9.17) is 0 Å². The van der Waals surface area contributed by atoms with Gasteiger partial charge in [0.25, 0.3) is 0 Å². The summed E-state index contributed by atoms with van der Waals surface area (Å²) in [6.45, 7) is 3.49. The molecular formula is C13H10F3N3S. The van der Waals surface area contributed by atoms with Crippen molar-refractivity contribution in [1.82, 2.24) is 14.6 Å². The lowest BCUT2D eigenvalue weighted by Crippen LogP contribution is -2.05. The van der Waals surface area contributed by atoms with Gasteiger partial charge in [-0.1, -0.05) is 11.3 Å². The van der Waals surface area contributed by atoms with Crippen LogP contribution in [0.25, 0.3) is 16.2 Å². The molecular weight excluding hydrogens is 287 g/mol. The number of hydrogen-bond donors (Lipinski definition) is 0. The van der Waals surface area contributed by atoms with Crippen molar-refractivity contribution in [2.75, 3.05) is 0 Å². The standard InChI is InChI=1S/C13H10F3N3S/c1-7-3-9(5-10(4-7)13(14,15)16)11-6-19-12(17-11)20-8(2)18-19/h3-6H,1-2H3. The van der Waals surface area contributed by atoms with Crippen LogP contribution in [0.4, 0.5) is 13.2 Å². The van der Waals surface area contributed by atoms with Crippen molar-refractivity contribution < 1.29 is 13.2 Å². The first-order valence-electron chi connectivity index (χ1n) is 5.85. The second kappa shape index (κ2) is 4.31. The topological polar surface area (TPSA) is 30.2 Å². The van der Waals surface area contributed by atoms with E-state index in [1.54, 1.807) is 23.7 Å². The van der Waals surface area contributed by atoms with E-state index in [9.17, 15) is 13.2 Å². The Morgan fingerprint density at radius 2 is 1.90 bits per heavy atom. The van der Waals surface area contributed by atoms with Crippen LogP contribution < -0.4 is 0 Å². The van der Waals surface area contributed by atoms with E-state index >= 15 is 0 Å². The van der Waals surface area contributed by atoms with Gasteiger partial charge in [-0.2, -0.15) is 18.3 Å². The van der Waals surface area contributed by atoms with Crippen molar-refractivity contribution >= 4 is 16.3 Å². The number of imidazole rings is 1. The molecule has 3 nitrogen and oxygen atoms in total. The molecule has 0 aliphatic heterocycles. The number of nitrogens with zero attached hydrogens (tertiary/aromatic N) is 3. The maximum absolute atomic E-state index is 12.8. The zero-order valence-corrected chi connectivity index (χ0v) is 11.5. The van der Waals surface area contributed by atoms with E-state index in [0.717, 1.165) is 17.1 Å². The fourth-order valence-corrected chi connectivity index (χ4v) is 2.76. The molecule has 3 aromatic rings. The average Bonchev–Trinajstić information content (AvgIpc) is 2.84. The lowest BCUT2D eigenvalue weighted by molar-refractivity contribution is -0.137. The zero-order valence-electron chi connectivity index (χ0n) is 10.7. The second-order valence-electron chi connectivity index (χ2n) is 4.56. The third-order valence-corrected chi connectivity index (χ3v) is 3.68. The maximum atomic E-state index is 12.8. The summed E-state index contributed by atoms with van der Waals surface area (Å²) < 4.78 is 40.1. The molecule has 2 heterocycles. The quantitative estimate of drug-likeness (QED) is 0.677. The highest BCUT2D eigenvalue weighted by molar-refractivity contribution is 7.16. The highest BCUT2D eigenvalue weighted by Crippen LogP contribution is 2.33. The fraction of sp³-hybridized carbons (Fsp3) is 0.231. The fourth-order valence-electron chi connectivity index (χ4n) is 2.03. The van der Waals surface area contributed by atoms with Crippen LogP contribution in [0.2, 0.25) is 0 Å². The Morgan fingerprint density at radius 1 is 1.15 bits per heavy atom. The molecule has 0 unspecified atom stereocenters. The Kier molecular flexibility index (Phi) is 2.82. The molecule has 7 heteroatoms. The highest BCUT2D eigenvalue weighted by atomic mass is 32.1. The Hall–Kier alpha value is -1.89. The Bertz CT molecular complexity index is 754. The third kappa shape index (κ3) is 2.29. The molecule has 0 radical (unpaired) electrons. The van der Waals surface area contributed by atoms with Crippen LogP contribution in [0.3, 0.4) is 0 Å². The normalized spacial score (nSPS) is 12.2. The lowest BCUT2D eigenvalue weighted by atomic mass is 10.0. The Morgan fingerprint density at radius 3 is 2.55 bits per heavy atom. The first-order valence-corrected chi connectivity index (χ1v) is 6.67. The number of alkyl halides is 3. The summed E-state index contributed by atoms with van der Waals surface area (Å²) in [5.41, 5.74) is 0.842. The summed E-state index contributed by atoms with van der Waals surface area (Å²) in [5.74, 6) is 0. The molecule has 0 aliphatic carbocycles. The third-order valence-electron chi connectivity index (χ3n) is 2.84. The van der Waals surface area contributed by atoms with Crippen LogP contribution in [-0.2, 0) is 6.18 Å². The second-order valence-corrected chi connectivity index (χ2v) is 5.72. The van der Waals surface area contributed by atoms with Crippen LogP contribution in [0.1, 0.15) is 16.1 Å². The highest BCUT2D eigenvalue weighted by Gasteiger charge is 2.31. The minimum atomic E-state index is -4.35. The summed E-state index contributed by atoms with van der Waals surface area (Å²) in [6.07, 6.45) is -2.71. The summed E-state index contributed by atoms with van der Waals surface area (Å²) in [7, 11) is 0. The van der Waals surface area contributed by atoms with Gasteiger partial charge in [0, 0.05) is 5.56 Å². The largest absolute Gasteiger partial charge is 0.416 e. The van der Waals surface area contributed by atoms with E-state index in [1.165, 1.54) is 11.3 Å². The van der Waals surface area contributed by atoms with Crippen LogP contribution in [-0.4, -0.2) is 14.6 Å². The van der Waals surface area contributed by atoms with Crippen molar-refractivity contribution in [3.8, 4) is 11.3 Å². The smallest absolute Gasteiger partial charge is 0.217 e. The number of halogens is 3. The van der Waals surface area contributed by atoms with Crippen LogP contribution in [0.5, 0.6) is 0 Å². The molecule has 0 N–H and O–H groups in total. The van der Waals surface area contributed by atoms with Crippen LogP contribution >= 0.6 is 11.3 Å². The van der Waals surface area contributed by atoms with Gasteiger partial charge in [0.2, 0.25) is 4.96 Å². The predicted molar refractivity (Wildman–Crippen MR) is 70.8 cm³/mol. The van der Waals surface area contributed by atoms with E-state index in [1.807, 2.05) is 6.92 Å². The maximum Gasteiger partial charge on any atom is 0.416 e. The number of hydrogen-bond acceptors (Lipinski definition) is 3. The molecule has 2 aromatic heterocycles. The van der Waals surface area contributed by atoms with Crippen molar-refractivity contribution in [2.24, 2.45) is 0 Å². The molecule has 0 fully saturated rings. The molecule has 0 aliphatic rings. The molecule has 3 rings (SSSR count).